The van der Waals surface area contributed by atoms with E-state index in [9.17, 15) is 5.26 Å². The van der Waals surface area contributed by atoms with Gasteiger partial charge in [0.05, 0.1) is 36.9 Å². The van der Waals surface area contributed by atoms with Crippen LogP contribution in [0.15, 0.2) is 85.5 Å². The Hall–Kier alpha value is -6.51. The normalized spacial score (nSPS) is 10.0. The molecule has 11 nitrogen and oxygen atoms in total. The SMILES string of the molecule is [C-]#[N+]c1ccc(Oc2cc(Oc3cccc(Oc4cc(Oc5ccc(C)c(C#N)c5)ncn4)c3)ncn2)cc1[N+]#[C-]. The van der Waals surface area contributed by atoms with Crippen molar-refractivity contribution in [2.75, 3.05) is 0 Å². The lowest BCUT2D eigenvalue weighted by Gasteiger charge is -2.10. The Bertz CT molecular complexity index is 1870. The van der Waals surface area contributed by atoms with Crippen molar-refractivity contribution in [2.24, 2.45) is 0 Å². The summed E-state index contributed by atoms with van der Waals surface area (Å²) in [6, 6.07) is 21.7. The van der Waals surface area contributed by atoms with Gasteiger partial charge in [0.15, 0.2) is 11.4 Å². The van der Waals surface area contributed by atoms with E-state index in [2.05, 4.69) is 35.7 Å². The van der Waals surface area contributed by atoms with Gasteiger partial charge in [0, 0.05) is 6.07 Å². The maximum absolute atomic E-state index is 9.25. The molecule has 2 aromatic heterocycles. The maximum Gasteiger partial charge on any atom is 0.226 e. The van der Waals surface area contributed by atoms with Crippen molar-refractivity contribution >= 4 is 11.4 Å². The first kappa shape index (κ1) is 26.1. The van der Waals surface area contributed by atoms with E-state index in [1.165, 1.54) is 36.9 Å². The van der Waals surface area contributed by atoms with E-state index in [1.54, 1.807) is 48.5 Å². The van der Waals surface area contributed by atoms with E-state index in [0.29, 0.717) is 28.6 Å². The number of hydrogen-bond acceptors (Lipinski definition) is 9. The Kier molecular flexibility index (Phi) is 7.58. The van der Waals surface area contributed by atoms with Crippen molar-refractivity contribution in [3.8, 4) is 52.6 Å². The average Bonchev–Trinajstić information content (AvgIpc) is 2.98. The highest BCUT2D eigenvalue weighted by atomic mass is 16.5. The Morgan fingerprint density at radius 2 is 1.10 bits per heavy atom. The average molecular weight is 540 g/mol. The fourth-order valence-corrected chi connectivity index (χ4v) is 3.49. The second-order valence-corrected chi connectivity index (χ2v) is 8.23. The summed E-state index contributed by atoms with van der Waals surface area (Å²) in [5.74, 6) is 2.57. The van der Waals surface area contributed by atoms with Gasteiger partial charge in [-0.2, -0.15) is 5.26 Å². The monoisotopic (exact) mass is 539 g/mol. The Labute approximate surface area is 234 Å². The highest BCUT2D eigenvalue weighted by Crippen LogP contribution is 2.34. The molecule has 196 valence electrons. The van der Waals surface area contributed by atoms with Gasteiger partial charge in [-0.15, -0.1) is 0 Å². The smallest absolute Gasteiger partial charge is 0.226 e. The van der Waals surface area contributed by atoms with Gasteiger partial charge in [-0.05, 0) is 48.9 Å². The quantitative estimate of drug-likeness (QED) is 0.182. The summed E-state index contributed by atoms with van der Waals surface area (Å²) in [6.45, 7) is 16.2. The van der Waals surface area contributed by atoms with Crippen LogP contribution in [0.2, 0.25) is 0 Å². The van der Waals surface area contributed by atoms with Crippen LogP contribution in [-0.4, -0.2) is 19.9 Å². The number of rotatable bonds is 8. The minimum absolute atomic E-state index is 0.186. The van der Waals surface area contributed by atoms with Gasteiger partial charge < -0.3 is 18.9 Å². The molecule has 0 aliphatic carbocycles. The summed E-state index contributed by atoms with van der Waals surface area (Å²) >= 11 is 0. The number of aromatic nitrogens is 4. The molecule has 11 heteroatoms. The van der Waals surface area contributed by atoms with E-state index in [0.717, 1.165) is 5.56 Å². The molecule has 0 bridgehead atoms. The number of ether oxygens (including phenoxy) is 4. The van der Waals surface area contributed by atoms with Crippen molar-refractivity contribution < 1.29 is 18.9 Å². The van der Waals surface area contributed by atoms with Crippen LogP contribution in [0.4, 0.5) is 11.4 Å². The van der Waals surface area contributed by atoms with Crippen molar-refractivity contribution in [3.63, 3.8) is 0 Å². The van der Waals surface area contributed by atoms with Crippen molar-refractivity contribution in [1.29, 1.82) is 5.26 Å². The molecule has 0 fully saturated rings. The van der Waals surface area contributed by atoms with E-state index in [4.69, 9.17) is 32.1 Å². The molecule has 0 saturated carbocycles. The molecule has 0 N–H and O–H groups in total. The molecular formula is C30H17N7O4. The van der Waals surface area contributed by atoms with E-state index in [-0.39, 0.29) is 34.9 Å². The Balaban J connectivity index is 1.27. The predicted molar refractivity (Wildman–Crippen MR) is 146 cm³/mol. The Morgan fingerprint density at radius 1 is 0.610 bits per heavy atom. The van der Waals surface area contributed by atoms with Crippen molar-refractivity contribution in [1.82, 2.24) is 19.9 Å². The molecule has 0 radical (unpaired) electrons. The standard InChI is InChI=1S/C30H17N7O4/c1-19-7-8-23(11-20(19)16-31)40-29-14-27(34-17-36-29)38-21-5-4-6-22(12-21)39-28-15-30(37-18-35-28)41-24-9-10-25(32-2)26(13-24)33-3/h4-15,17-18H,1H3. The summed E-state index contributed by atoms with van der Waals surface area (Å²) in [5, 5.41) is 9.25. The first-order valence-corrected chi connectivity index (χ1v) is 11.9. The molecule has 2 heterocycles. The molecule has 0 unspecified atom stereocenters. The minimum Gasteiger partial charge on any atom is -0.440 e. The van der Waals surface area contributed by atoms with Gasteiger partial charge in [-0.25, -0.2) is 24.8 Å². The lowest BCUT2D eigenvalue weighted by molar-refractivity contribution is 0.422. The van der Waals surface area contributed by atoms with Crippen LogP contribution in [0, 0.1) is 31.4 Å². The van der Waals surface area contributed by atoms with Crippen molar-refractivity contribution in [2.45, 2.75) is 6.92 Å². The molecule has 0 atom stereocenters. The molecule has 5 aromatic rings. The Morgan fingerprint density at radius 3 is 1.61 bits per heavy atom. The minimum atomic E-state index is 0.186. The third kappa shape index (κ3) is 6.50. The fraction of sp³-hybridized carbons (Fsp3) is 0.0333. The molecule has 41 heavy (non-hydrogen) atoms. The van der Waals surface area contributed by atoms with Crippen LogP contribution in [0.3, 0.4) is 0 Å². The van der Waals surface area contributed by atoms with E-state index < -0.39 is 0 Å². The van der Waals surface area contributed by atoms with E-state index >= 15 is 0 Å². The second kappa shape index (κ2) is 11.9. The number of aryl methyl sites for hydroxylation is 1. The van der Waals surface area contributed by atoms with Crippen LogP contribution >= 0.6 is 0 Å². The molecular weight excluding hydrogens is 522 g/mol. The number of hydrogen-bond donors (Lipinski definition) is 0. The largest absolute Gasteiger partial charge is 0.440 e. The first-order chi connectivity index (χ1) is 20.0. The number of benzene rings is 3. The van der Waals surface area contributed by atoms with Crippen LogP contribution in [-0.2, 0) is 0 Å². The third-order valence-corrected chi connectivity index (χ3v) is 5.45. The van der Waals surface area contributed by atoms with Crippen molar-refractivity contribution in [3.05, 3.63) is 119 Å². The lowest BCUT2D eigenvalue weighted by atomic mass is 10.1. The molecule has 0 spiro atoms. The lowest BCUT2D eigenvalue weighted by Crippen LogP contribution is -1.94. The molecule has 0 saturated heterocycles. The molecule has 0 amide bonds. The predicted octanol–water partition coefficient (Wildman–Crippen LogP) is 7.72. The second-order valence-electron chi connectivity index (χ2n) is 8.23. The van der Waals surface area contributed by atoms with Crippen LogP contribution in [0.25, 0.3) is 9.69 Å². The van der Waals surface area contributed by atoms with Crippen LogP contribution in [0.1, 0.15) is 11.1 Å². The molecule has 3 aromatic carbocycles. The molecule has 0 aliphatic heterocycles. The summed E-state index contributed by atoms with van der Waals surface area (Å²) in [5.41, 5.74) is 1.79. The first-order valence-electron chi connectivity index (χ1n) is 11.9. The highest BCUT2D eigenvalue weighted by Gasteiger charge is 2.10. The molecule has 0 aliphatic rings. The van der Waals surface area contributed by atoms with Gasteiger partial charge in [0.2, 0.25) is 23.5 Å². The van der Waals surface area contributed by atoms with E-state index in [1.807, 2.05) is 6.92 Å². The maximum atomic E-state index is 9.25. The third-order valence-electron chi connectivity index (χ3n) is 5.45. The topological polar surface area (TPSA) is 121 Å². The van der Waals surface area contributed by atoms with Gasteiger partial charge in [0.1, 0.15) is 35.7 Å². The fourth-order valence-electron chi connectivity index (χ4n) is 3.49. The summed E-state index contributed by atoms with van der Waals surface area (Å²) in [6.07, 6.45) is 2.59. The summed E-state index contributed by atoms with van der Waals surface area (Å²) in [7, 11) is 0. The molecule has 5 rings (SSSR count). The summed E-state index contributed by atoms with van der Waals surface area (Å²) in [4.78, 5) is 23.1. The van der Waals surface area contributed by atoms with Gasteiger partial charge in [0.25, 0.3) is 0 Å². The van der Waals surface area contributed by atoms with Gasteiger partial charge in [-0.1, -0.05) is 18.2 Å². The number of nitriles is 1. The van der Waals surface area contributed by atoms with Crippen LogP contribution in [0.5, 0.6) is 46.5 Å². The zero-order valence-electron chi connectivity index (χ0n) is 21.3. The van der Waals surface area contributed by atoms with Crippen LogP contribution < -0.4 is 18.9 Å². The highest BCUT2D eigenvalue weighted by molar-refractivity contribution is 5.72. The zero-order chi connectivity index (χ0) is 28.6. The summed E-state index contributed by atoms with van der Waals surface area (Å²) < 4.78 is 23.2. The zero-order valence-corrected chi connectivity index (χ0v) is 21.3. The van der Waals surface area contributed by atoms with Gasteiger partial charge in [-0.3, -0.25) is 4.85 Å². The van der Waals surface area contributed by atoms with Gasteiger partial charge >= 0.3 is 0 Å². The number of nitrogens with zero attached hydrogens (tertiary/aromatic N) is 7.